The first-order valence-electron chi connectivity index (χ1n) is 6.62. The summed E-state index contributed by atoms with van der Waals surface area (Å²) in [4.78, 5) is 25.2. The zero-order chi connectivity index (χ0) is 18.9. The number of carbonyl (C=O) groups is 2. The van der Waals surface area contributed by atoms with Gasteiger partial charge in [-0.2, -0.15) is 13.2 Å². The van der Waals surface area contributed by atoms with Crippen molar-refractivity contribution in [2.75, 3.05) is 6.54 Å². The molecule has 0 atom stereocenters. The van der Waals surface area contributed by atoms with Crippen LogP contribution in [0.15, 0.2) is 30.4 Å². The van der Waals surface area contributed by atoms with E-state index in [1.54, 1.807) is 0 Å². The van der Waals surface area contributed by atoms with E-state index >= 15 is 0 Å². The first-order valence-corrected chi connectivity index (χ1v) is 7.41. The van der Waals surface area contributed by atoms with Gasteiger partial charge in [0.2, 0.25) is 0 Å². The first kappa shape index (κ1) is 19.1. The van der Waals surface area contributed by atoms with Crippen molar-refractivity contribution in [1.29, 1.82) is 0 Å². The molecule has 1 aromatic rings. The number of rotatable bonds is 3. The number of amides is 2. The minimum Gasteiger partial charge on any atom is -0.298 e. The Bertz CT molecular complexity index is 820. The molecule has 0 aliphatic carbocycles. The minimum absolute atomic E-state index is 0.0406. The third kappa shape index (κ3) is 3.88. The Labute approximate surface area is 149 Å². The maximum Gasteiger partial charge on any atom is 0.416 e. The molecule has 1 N–H and O–H groups in total. The summed E-state index contributed by atoms with van der Waals surface area (Å²) in [5.41, 5.74) is -2.44. The standard InChI is InChI=1S/C15H9ClF4N2O2S/c1-2-3-22-13(24)9(12(23)21-14(22)25)5-7-4-8(15(18,19)20)6-10(16)11(7)17/h2,4-6H,1,3H2,(H,21,23,25). The van der Waals surface area contributed by atoms with Crippen molar-refractivity contribution >= 4 is 46.8 Å². The predicted octanol–water partition coefficient (Wildman–Crippen LogP) is 3.31. The van der Waals surface area contributed by atoms with E-state index in [2.05, 4.69) is 11.9 Å². The molecule has 1 saturated heterocycles. The molecule has 1 aliphatic heterocycles. The fourth-order valence-electron chi connectivity index (χ4n) is 2.02. The molecular formula is C15H9ClF4N2O2S. The Morgan fingerprint density at radius 3 is 2.52 bits per heavy atom. The van der Waals surface area contributed by atoms with E-state index in [0.717, 1.165) is 4.90 Å². The van der Waals surface area contributed by atoms with Crippen molar-refractivity contribution < 1.29 is 27.2 Å². The van der Waals surface area contributed by atoms with Crippen LogP contribution in [0.4, 0.5) is 17.6 Å². The monoisotopic (exact) mass is 392 g/mol. The molecule has 0 spiro atoms. The van der Waals surface area contributed by atoms with Gasteiger partial charge in [0.1, 0.15) is 11.4 Å². The number of hydrogen-bond donors (Lipinski definition) is 1. The van der Waals surface area contributed by atoms with Gasteiger partial charge in [-0.1, -0.05) is 17.7 Å². The summed E-state index contributed by atoms with van der Waals surface area (Å²) in [6.45, 7) is 3.39. The molecule has 132 valence electrons. The highest BCUT2D eigenvalue weighted by Crippen LogP contribution is 2.34. The molecule has 1 aliphatic rings. The third-order valence-electron chi connectivity index (χ3n) is 3.18. The highest BCUT2D eigenvalue weighted by molar-refractivity contribution is 7.80. The Hall–Kier alpha value is -2.26. The summed E-state index contributed by atoms with van der Waals surface area (Å²) >= 11 is 10.3. The number of halogens is 5. The fourth-order valence-corrected chi connectivity index (χ4v) is 2.50. The van der Waals surface area contributed by atoms with Crippen LogP contribution in [-0.2, 0) is 15.8 Å². The second-order valence-corrected chi connectivity index (χ2v) is 5.67. The van der Waals surface area contributed by atoms with E-state index in [1.807, 2.05) is 0 Å². The molecule has 2 amide bonds. The topological polar surface area (TPSA) is 49.4 Å². The molecule has 0 radical (unpaired) electrons. The molecule has 2 rings (SSSR count). The Morgan fingerprint density at radius 1 is 1.32 bits per heavy atom. The summed E-state index contributed by atoms with van der Waals surface area (Å²) in [6, 6.07) is 0.875. The Balaban J connectivity index is 2.56. The zero-order valence-electron chi connectivity index (χ0n) is 12.3. The van der Waals surface area contributed by atoms with E-state index in [4.69, 9.17) is 23.8 Å². The SMILES string of the molecule is C=CCN1C(=O)C(=Cc2cc(C(F)(F)F)cc(Cl)c2F)C(=O)NC1=S. The number of thiocarbonyl (C=S) groups is 1. The smallest absolute Gasteiger partial charge is 0.298 e. The Kier molecular flexibility index (Phi) is 5.28. The average Bonchev–Trinajstić information content (AvgIpc) is 2.50. The van der Waals surface area contributed by atoms with Crippen LogP contribution in [0.3, 0.4) is 0 Å². The Morgan fingerprint density at radius 2 is 1.96 bits per heavy atom. The van der Waals surface area contributed by atoms with Gasteiger partial charge in [-0.05, 0) is 30.4 Å². The van der Waals surface area contributed by atoms with Gasteiger partial charge in [-0.15, -0.1) is 6.58 Å². The maximum absolute atomic E-state index is 14.1. The lowest BCUT2D eigenvalue weighted by Crippen LogP contribution is -2.53. The molecule has 0 saturated carbocycles. The molecule has 25 heavy (non-hydrogen) atoms. The molecule has 0 unspecified atom stereocenters. The van der Waals surface area contributed by atoms with Crippen LogP contribution in [0.2, 0.25) is 5.02 Å². The first-order chi connectivity index (χ1) is 11.6. The molecule has 0 aromatic heterocycles. The van der Waals surface area contributed by atoms with Crippen LogP contribution in [0.25, 0.3) is 6.08 Å². The molecule has 1 aromatic carbocycles. The predicted molar refractivity (Wildman–Crippen MR) is 87.0 cm³/mol. The summed E-state index contributed by atoms with van der Waals surface area (Å²) in [5, 5.41) is 1.22. The van der Waals surface area contributed by atoms with Gasteiger partial charge in [-0.3, -0.25) is 19.8 Å². The lowest BCUT2D eigenvalue weighted by Gasteiger charge is -2.27. The van der Waals surface area contributed by atoms with Crippen molar-refractivity contribution in [2.24, 2.45) is 0 Å². The lowest BCUT2D eigenvalue weighted by molar-refractivity contribution is -0.137. The van der Waals surface area contributed by atoms with E-state index in [-0.39, 0.29) is 11.7 Å². The number of benzene rings is 1. The van der Waals surface area contributed by atoms with Crippen molar-refractivity contribution in [1.82, 2.24) is 10.2 Å². The van der Waals surface area contributed by atoms with Crippen LogP contribution in [0, 0.1) is 5.82 Å². The highest BCUT2D eigenvalue weighted by atomic mass is 35.5. The molecule has 10 heteroatoms. The van der Waals surface area contributed by atoms with E-state index in [0.29, 0.717) is 18.2 Å². The van der Waals surface area contributed by atoms with Crippen LogP contribution in [-0.4, -0.2) is 28.4 Å². The molecule has 1 fully saturated rings. The van der Waals surface area contributed by atoms with E-state index < -0.39 is 45.5 Å². The summed E-state index contributed by atoms with van der Waals surface area (Å²) in [7, 11) is 0. The summed E-state index contributed by atoms with van der Waals surface area (Å²) in [5.74, 6) is -3.03. The second kappa shape index (κ2) is 6.93. The van der Waals surface area contributed by atoms with E-state index in [1.165, 1.54) is 6.08 Å². The number of carbonyl (C=O) groups excluding carboxylic acids is 2. The van der Waals surface area contributed by atoms with Crippen molar-refractivity contribution in [3.63, 3.8) is 0 Å². The van der Waals surface area contributed by atoms with Crippen LogP contribution >= 0.6 is 23.8 Å². The normalized spacial score (nSPS) is 17.1. The van der Waals surface area contributed by atoms with Crippen LogP contribution in [0.5, 0.6) is 0 Å². The average molecular weight is 393 g/mol. The fraction of sp³-hybridized carbons (Fsp3) is 0.133. The number of nitrogens with zero attached hydrogens (tertiary/aromatic N) is 1. The van der Waals surface area contributed by atoms with Gasteiger partial charge in [-0.25, -0.2) is 4.39 Å². The summed E-state index contributed by atoms with van der Waals surface area (Å²) < 4.78 is 52.6. The van der Waals surface area contributed by atoms with Crippen LogP contribution in [0.1, 0.15) is 11.1 Å². The molecular weight excluding hydrogens is 384 g/mol. The van der Waals surface area contributed by atoms with Gasteiger partial charge in [0.15, 0.2) is 5.11 Å². The van der Waals surface area contributed by atoms with Gasteiger partial charge in [0, 0.05) is 12.1 Å². The molecule has 0 bridgehead atoms. The van der Waals surface area contributed by atoms with Gasteiger partial charge >= 0.3 is 6.18 Å². The minimum atomic E-state index is -4.78. The van der Waals surface area contributed by atoms with Gasteiger partial charge < -0.3 is 0 Å². The van der Waals surface area contributed by atoms with Crippen molar-refractivity contribution in [3.8, 4) is 0 Å². The third-order valence-corrected chi connectivity index (χ3v) is 3.78. The number of nitrogens with one attached hydrogen (secondary N) is 1. The zero-order valence-corrected chi connectivity index (χ0v) is 13.9. The maximum atomic E-state index is 14.1. The quantitative estimate of drug-likeness (QED) is 0.282. The lowest BCUT2D eigenvalue weighted by atomic mass is 10.0. The number of hydrogen-bond acceptors (Lipinski definition) is 3. The largest absolute Gasteiger partial charge is 0.416 e. The summed E-state index contributed by atoms with van der Waals surface area (Å²) in [6.07, 6.45) is -2.74. The van der Waals surface area contributed by atoms with Gasteiger partial charge in [0.05, 0.1) is 10.6 Å². The van der Waals surface area contributed by atoms with Crippen molar-refractivity contribution in [2.45, 2.75) is 6.18 Å². The highest BCUT2D eigenvalue weighted by Gasteiger charge is 2.35. The molecule has 1 heterocycles. The van der Waals surface area contributed by atoms with E-state index in [9.17, 15) is 27.2 Å². The van der Waals surface area contributed by atoms with Gasteiger partial charge in [0.25, 0.3) is 11.8 Å². The molecule has 4 nitrogen and oxygen atoms in total. The van der Waals surface area contributed by atoms with Crippen molar-refractivity contribution in [3.05, 3.63) is 52.3 Å². The number of alkyl halides is 3. The van der Waals surface area contributed by atoms with Crippen LogP contribution < -0.4 is 5.32 Å². The second-order valence-electron chi connectivity index (χ2n) is 4.88.